The SMILES string of the molecule is CC(=O)/C(C)=N/O.COc1ccc(-c2nc(CCl)c(C)o2)cc1.COc1ccc(-c2nc(CI)c(C)o2)cc1.COc1ccc(-c2oc(C)c(C)[n+]2[O-])cc1.COc1ccc(C=O)cc1.Cl.O=P(Cl)(Cl)Cl. The van der Waals surface area contributed by atoms with Gasteiger partial charge in [-0.05, 0) is 152 Å². The van der Waals surface area contributed by atoms with Crippen molar-refractivity contribution in [2.45, 2.75) is 51.8 Å². The van der Waals surface area contributed by atoms with Crippen LogP contribution in [0.1, 0.15) is 58.6 Å². The van der Waals surface area contributed by atoms with Crippen LogP contribution in [0.4, 0.5) is 0 Å². The molecule has 384 valence electrons. The molecule has 7 rings (SSSR count). The summed E-state index contributed by atoms with van der Waals surface area (Å²) in [5.41, 5.74) is 5.82. The Labute approximate surface area is 451 Å². The van der Waals surface area contributed by atoms with E-state index in [1.165, 1.54) is 13.8 Å². The van der Waals surface area contributed by atoms with E-state index in [0.717, 1.165) is 78.0 Å². The maximum Gasteiger partial charge on any atom is 0.392 e. The number of alkyl halides is 2. The molecule has 7 aromatic rings. The van der Waals surface area contributed by atoms with E-state index < -0.39 is 5.20 Å². The van der Waals surface area contributed by atoms with Crippen LogP contribution in [-0.2, 0) is 19.7 Å². The van der Waals surface area contributed by atoms with E-state index >= 15 is 0 Å². The monoisotopic (exact) mass is 1210 g/mol. The number of methoxy groups -OCH3 is 4. The highest BCUT2D eigenvalue weighted by Gasteiger charge is 2.20. The van der Waals surface area contributed by atoms with Crippen molar-refractivity contribution in [2.75, 3.05) is 28.4 Å². The van der Waals surface area contributed by atoms with Crippen LogP contribution in [0, 0.1) is 32.9 Å². The number of ether oxygens (including phenoxy) is 4. The normalized spacial score (nSPS) is 10.3. The zero-order valence-corrected chi connectivity index (χ0v) is 47.1. The average molecular weight is 1210 g/mol. The number of aldehydes is 1. The summed E-state index contributed by atoms with van der Waals surface area (Å²) in [4.78, 5) is 29.0. The van der Waals surface area contributed by atoms with Gasteiger partial charge in [0.05, 0.1) is 51.3 Å². The lowest BCUT2D eigenvalue weighted by molar-refractivity contribution is -0.602. The molecule has 3 heterocycles. The summed E-state index contributed by atoms with van der Waals surface area (Å²) in [6.07, 6.45) is 0.805. The number of ketones is 1. The number of halogens is 6. The van der Waals surface area contributed by atoms with Gasteiger partial charge in [-0.3, -0.25) is 14.2 Å². The van der Waals surface area contributed by atoms with Gasteiger partial charge in [0.1, 0.15) is 46.5 Å². The van der Waals surface area contributed by atoms with E-state index in [1.807, 2.05) is 62.4 Å². The third-order valence-electron chi connectivity index (χ3n) is 9.21. The highest BCUT2D eigenvalue weighted by Crippen LogP contribution is 2.61. The van der Waals surface area contributed by atoms with Gasteiger partial charge >= 0.3 is 11.1 Å². The van der Waals surface area contributed by atoms with Gasteiger partial charge in [0.15, 0.2) is 11.5 Å². The maximum absolute atomic E-state index is 11.7. The molecule has 0 amide bonds. The first-order valence-corrected chi connectivity index (χ1v) is 26.8. The van der Waals surface area contributed by atoms with Crippen molar-refractivity contribution in [3.8, 4) is 57.4 Å². The minimum Gasteiger partial charge on any atom is -0.616 e. The lowest BCUT2D eigenvalue weighted by atomic mass is 10.2. The molecule has 0 saturated carbocycles. The van der Waals surface area contributed by atoms with Crippen LogP contribution < -0.4 is 23.7 Å². The lowest BCUT2D eigenvalue weighted by Crippen LogP contribution is -2.29. The number of aromatic nitrogens is 3. The second-order valence-electron chi connectivity index (χ2n) is 13.9. The predicted octanol–water partition coefficient (Wildman–Crippen LogP) is 14.4. The molecule has 0 bridgehead atoms. The summed E-state index contributed by atoms with van der Waals surface area (Å²) in [6.45, 7) is 10.1. The predicted molar refractivity (Wildman–Crippen MR) is 289 cm³/mol. The summed E-state index contributed by atoms with van der Waals surface area (Å²) in [6, 6.07) is 29.4. The van der Waals surface area contributed by atoms with Crippen LogP contribution in [0.25, 0.3) is 34.4 Å². The number of oxazole rings is 3. The van der Waals surface area contributed by atoms with E-state index in [4.69, 9.17) is 49.0 Å². The van der Waals surface area contributed by atoms with Crippen molar-refractivity contribution < 1.29 is 56.3 Å². The first-order chi connectivity index (χ1) is 33.2. The second kappa shape index (κ2) is 32.7. The summed E-state index contributed by atoms with van der Waals surface area (Å²) in [7, 11) is 6.48. The zero-order valence-electron chi connectivity index (χ0n) is 40.2. The number of Topliss-reactive ketones (excluding diaryl/α,β-unsaturated/α-hetero) is 1. The Hall–Kier alpha value is -5.27. The quantitative estimate of drug-likeness (QED) is 0.0147. The van der Waals surface area contributed by atoms with Gasteiger partial charge in [-0.25, -0.2) is 9.97 Å². The second-order valence-corrected chi connectivity index (χ2v) is 21.5. The van der Waals surface area contributed by atoms with Gasteiger partial charge in [-0.15, -0.1) is 28.7 Å². The first kappa shape index (κ1) is 63.7. The molecular weight excluding hydrogens is 1160 g/mol. The Morgan fingerprint density at radius 2 is 1.04 bits per heavy atom. The van der Waals surface area contributed by atoms with E-state index in [2.05, 4.69) is 71.4 Å². The number of hydrogen-bond donors (Lipinski definition) is 1. The van der Waals surface area contributed by atoms with Crippen LogP contribution in [0.15, 0.2) is 115 Å². The van der Waals surface area contributed by atoms with Crippen LogP contribution in [0.3, 0.4) is 0 Å². The third kappa shape index (κ3) is 22.4. The zero-order chi connectivity index (χ0) is 52.6. The van der Waals surface area contributed by atoms with E-state index in [0.29, 0.717) is 40.6 Å². The summed E-state index contributed by atoms with van der Waals surface area (Å²) >= 11 is 21.9. The Morgan fingerprint density at radius 1 is 0.690 bits per heavy atom. The molecule has 1 N–H and O–H groups in total. The Morgan fingerprint density at radius 3 is 1.30 bits per heavy atom. The Bertz CT molecular complexity index is 2660. The Balaban J connectivity index is 0.000000442. The topological polar surface area (TPSA) is 213 Å². The molecule has 71 heavy (non-hydrogen) atoms. The molecule has 23 heteroatoms. The van der Waals surface area contributed by atoms with Gasteiger partial charge < -0.3 is 42.6 Å². The molecule has 0 aliphatic heterocycles. The number of nitrogens with zero attached hydrogens (tertiary/aromatic N) is 4. The van der Waals surface area contributed by atoms with Crippen LogP contribution in [0.2, 0.25) is 0 Å². The van der Waals surface area contributed by atoms with Crippen molar-refractivity contribution in [1.29, 1.82) is 0 Å². The van der Waals surface area contributed by atoms with E-state index in [9.17, 15) is 19.4 Å². The highest BCUT2D eigenvalue weighted by molar-refractivity contribution is 14.1. The third-order valence-corrected chi connectivity index (χ3v) is 10.2. The van der Waals surface area contributed by atoms with Gasteiger partial charge in [0, 0.05) is 41.9 Å². The van der Waals surface area contributed by atoms with Crippen LogP contribution in [-0.4, -0.2) is 61.4 Å². The van der Waals surface area contributed by atoms with Crippen molar-refractivity contribution in [1.82, 2.24) is 9.97 Å². The number of benzene rings is 4. The standard InChI is InChI=1S/C12H12ClNO2.C12H12INO2.C12H13NO3.C8H8O2.C4H7NO2.Cl3OP.ClH/c2*1-8-11(7-13)14-12(16-8)9-3-5-10(15-2)6-4-9;1-8-9(2)16-12(13(8)14)10-4-6-11(15-3)7-5-10;1-10-8-4-2-7(6-9)3-5-8;1-3(5-7)4(2)6;1-5(2,3)4;/h2*3-6H,7H2,1-2H3;4-7H,1-3H3;2-6H,1H3;7H,1-2H3;;1H/b;;;;5-3+;;. The number of carbonyl (C=O) groups is 2. The van der Waals surface area contributed by atoms with Crippen LogP contribution >= 0.6 is 85.5 Å². The molecule has 0 fully saturated rings. The number of rotatable bonds is 11. The summed E-state index contributed by atoms with van der Waals surface area (Å²) in [5, 5.41) is 19.0. The largest absolute Gasteiger partial charge is 0.616 e. The molecule has 0 saturated heterocycles. The fourth-order valence-electron chi connectivity index (χ4n) is 5.04. The molecule has 4 aromatic carbocycles. The molecule has 0 spiro atoms. The smallest absolute Gasteiger partial charge is 0.392 e. The minimum absolute atomic E-state index is 0. The Kier molecular flexibility index (Phi) is 29.3. The van der Waals surface area contributed by atoms with E-state index in [1.54, 1.807) is 90.8 Å². The van der Waals surface area contributed by atoms with Crippen molar-refractivity contribution in [3.63, 3.8) is 0 Å². The minimum atomic E-state index is -3.22. The van der Waals surface area contributed by atoms with Crippen molar-refractivity contribution in [2.24, 2.45) is 5.16 Å². The van der Waals surface area contributed by atoms with Gasteiger partial charge in [0.25, 0.3) is 0 Å². The molecule has 0 aliphatic carbocycles. The molecule has 0 atom stereocenters. The number of oxime groups is 1. The highest BCUT2D eigenvalue weighted by atomic mass is 127. The number of aryl methyl sites for hydroxylation is 3. The summed E-state index contributed by atoms with van der Waals surface area (Å²) < 4.78 is 47.9. The molecule has 0 aliphatic rings. The van der Waals surface area contributed by atoms with Gasteiger partial charge in [0.2, 0.25) is 17.5 Å². The van der Waals surface area contributed by atoms with Gasteiger partial charge in [-0.2, -0.15) is 0 Å². The fourth-order valence-corrected chi connectivity index (χ4v) is 5.99. The number of hydrogen-bond acceptors (Lipinski definition) is 15. The maximum atomic E-state index is 11.7. The van der Waals surface area contributed by atoms with Gasteiger partial charge in [-0.1, -0.05) is 27.7 Å². The first-order valence-electron chi connectivity index (χ1n) is 20.3. The lowest BCUT2D eigenvalue weighted by Gasteiger charge is -2.00. The molecule has 3 aromatic heterocycles. The molecular formula is C48H53Cl5IN4O12P. The van der Waals surface area contributed by atoms with E-state index in [-0.39, 0.29) is 23.9 Å². The molecule has 0 radical (unpaired) electrons. The fraction of sp³-hybridized carbons (Fsp3) is 0.250. The average Bonchev–Trinajstić information content (AvgIpc) is 4.03. The van der Waals surface area contributed by atoms with Crippen LogP contribution in [0.5, 0.6) is 23.0 Å². The van der Waals surface area contributed by atoms with Crippen molar-refractivity contribution in [3.05, 3.63) is 142 Å². The molecule has 16 nitrogen and oxygen atoms in total. The number of carbonyl (C=O) groups excluding carboxylic acids is 2. The van der Waals surface area contributed by atoms with Crippen molar-refractivity contribution >= 4 is 103 Å². The summed E-state index contributed by atoms with van der Waals surface area (Å²) in [5.74, 6) is 7.20. The molecule has 0 unspecified atom stereocenters.